The van der Waals surface area contributed by atoms with Gasteiger partial charge in [0.2, 0.25) is 0 Å². The Morgan fingerprint density at radius 3 is 2.77 bits per heavy atom. The molecular weight excluding hydrogens is 350 g/mol. The summed E-state index contributed by atoms with van der Waals surface area (Å²) in [5.74, 6) is 1.76. The molecule has 0 saturated heterocycles. The molecule has 3 aliphatic carbocycles. The summed E-state index contributed by atoms with van der Waals surface area (Å²) in [5, 5.41) is 0. The first kappa shape index (κ1) is 17.7. The number of rotatable bonds is 3. The van der Waals surface area contributed by atoms with Crippen molar-refractivity contribution in [3.63, 3.8) is 0 Å². The van der Waals surface area contributed by atoms with Crippen molar-refractivity contribution in [1.82, 2.24) is 0 Å². The van der Waals surface area contributed by atoms with Crippen molar-refractivity contribution >= 4 is 21.8 Å². The summed E-state index contributed by atoms with van der Waals surface area (Å²) in [5.41, 5.74) is 3.92. The number of aryl methyl sites for hydroxylation is 1. The van der Waals surface area contributed by atoms with Crippen LogP contribution in [0.2, 0.25) is 0 Å². The maximum absolute atomic E-state index is 12.1. The van der Waals surface area contributed by atoms with E-state index in [0.717, 1.165) is 37.7 Å². The normalized spacial score (nSPS) is 32.9. The summed E-state index contributed by atoms with van der Waals surface area (Å²) < 4.78 is 33.2. The molecule has 140 valence electrons. The Morgan fingerprint density at radius 1 is 1.31 bits per heavy atom. The first-order chi connectivity index (χ1) is 12.2. The van der Waals surface area contributed by atoms with Gasteiger partial charge in [0.05, 0.1) is 5.69 Å². The molecule has 1 aromatic carbocycles. The quantitative estimate of drug-likeness (QED) is 0.785. The van der Waals surface area contributed by atoms with Crippen LogP contribution in [0.4, 0.5) is 5.69 Å². The third kappa shape index (κ3) is 2.79. The van der Waals surface area contributed by atoms with Crippen LogP contribution in [0.5, 0.6) is 0 Å². The molecule has 4 atom stereocenters. The molecule has 1 aromatic rings. The van der Waals surface area contributed by atoms with Gasteiger partial charge in [-0.15, -0.1) is 0 Å². The van der Waals surface area contributed by atoms with Gasteiger partial charge in [0.25, 0.3) is 0 Å². The average Bonchev–Trinajstić information content (AvgIpc) is 2.90. The van der Waals surface area contributed by atoms with Gasteiger partial charge >= 0.3 is 10.3 Å². The van der Waals surface area contributed by atoms with E-state index in [0.29, 0.717) is 23.4 Å². The Labute approximate surface area is 154 Å². The van der Waals surface area contributed by atoms with Crippen LogP contribution < -0.4 is 4.72 Å². The SMILES string of the molecule is CC(=O)C1=CCC2C3CCc4cc(NS(=O)(=O)O)ccc4C3CCC12C. The number of allylic oxidation sites excluding steroid dienone is 2. The molecule has 0 spiro atoms. The molecule has 1 fully saturated rings. The lowest BCUT2D eigenvalue weighted by Crippen LogP contribution is -2.42. The fourth-order valence-electron chi connectivity index (χ4n) is 5.91. The van der Waals surface area contributed by atoms with Crippen LogP contribution in [0.15, 0.2) is 29.8 Å². The molecule has 5 nitrogen and oxygen atoms in total. The van der Waals surface area contributed by atoms with E-state index in [1.807, 2.05) is 12.1 Å². The van der Waals surface area contributed by atoms with E-state index in [1.165, 1.54) is 11.1 Å². The Balaban J connectivity index is 1.63. The van der Waals surface area contributed by atoms with Crippen LogP contribution >= 0.6 is 0 Å². The lowest BCUT2D eigenvalue weighted by molar-refractivity contribution is -0.115. The van der Waals surface area contributed by atoms with Crippen LogP contribution in [0.25, 0.3) is 0 Å². The summed E-state index contributed by atoms with van der Waals surface area (Å²) in [7, 11) is -4.25. The van der Waals surface area contributed by atoms with Gasteiger partial charge in [0, 0.05) is 0 Å². The number of ketones is 1. The fraction of sp³-hybridized carbons (Fsp3) is 0.550. The number of anilines is 1. The Hall–Kier alpha value is -1.66. The van der Waals surface area contributed by atoms with Gasteiger partial charge in [-0.05, 0) is 91.0 Å². The van der Waals surface area contributed by atoms with Gasteiger partial charge in [-0.1, -0.05) is 19.1 Å². The minimum absolute atomic E-state index is 0.0109. The Morgan fingerprint density at radius 2 is 2.08 bits per heavy atom. The standard InChI is InChI=1S/C20H25NO4S/c1-12(22)18-7-8-19-17-5-3-13-11-14(21-26(23,24)25)4-6-15(13)16(17)9-10-20(18,19)2/h4,6-7,11,16-17,19,21H,3,5,8-10H2,1-2H3,(H,23,24,25). The number of carbonyl (C=O) groups excluding carboxylic acids is 1. The Bertz CT molecular complexity index is 904. The molecule has 4 unspecified atom stereocenters. The highest BCUT2D eigenvalue weighted by atomic mass is 32.2. The number of benzene rings is 1. The second kappa shape index (κ2) is 5.92. The van der Waals surface area contributed by atoms with E-state index in [1.54, 1.807) is 13.0 Å². The zero-order valence-electron chi connectivity index (χ0n) is 15.2. The molecule has 0 aromatic heterocycles. The van der Waals surface area contributed by atoms with Crippen molar-refractivity contribution in [2.45, 2.75) is 51.9 Å². The van der Waals surface area contributed by atoms with Crippen molar-refractivity contribution in [2.75, 3.05) is 4.72 Å². The highest BCUT2D eigenvalue weighted by molar-refractivity contribution is 7.87. The topological polar surface area (TPSA) is 83.5 Å². The summed E-state index contributed by atoms with van der Waals surface area (Å²) in [6.45, 7) is 3.95. The summed E-state index contributed by atoms with van der Waals surface area (Å²) >= 11 is 0. The lowest BCUT2D eigenvalue weighted by atomic mass is 9.54. The molecule has 0 amide bonds. The zero-order chi connectivity index (χ0) is 18.7. The molecule has 0 heterocycles. The molecule has 3 aliphatic rings. The zero-order valence-corrected chi connectivity index (χ0v) is 16.0. The molecule has 6 heteroatoms. The van der Waals surface area contributed by atoms with Crippen LogP contribution in [0, 0.1) is 17.3 Å². The molecular formula is C20H25NO4S. The van der Waals surface area contributed by atoms with Crippen molar-refractivity contribution in [1.29, 1.82) is 0 Å². The third-order valence-corrected chi connectivity index (χ3v) is 7.43. The monoisotopic (exact) mass is 375 g/mol. The lowest BCUT2D eigenvalue weighted by Gasteiger charge is -2.50. The smallest absolute Gasteiger partial charge is 0.295 e. The van der Waals surface area contributed by atoms with E-state index in [-0.39, 0.29) is 11.2 Å². The van der Waals surface area contributed by atoms with Gasteiger partial charge in [0.1, 0.15) is 0 Å². The van der Waals surface area contributed by atoms with E-state index in [9.17, 15) is 13.2 Å². The molecule has 0 radical (unpaired) electrons. The predicted molar refractivity (Wildman–Crippen MR) is 100 cm³/mol. The maximum atomic E-state index is 12.1. The summed E-state index contributed by atoms with van der Waals surface area (Å²) in [6, 6.07) is 5.59. The molecule has 0 aliphatic heterocycles. The average molecular weight is 375 g/mol. The molecule has 26 heavy (non-hydrogen) atoms. The minimum Gasteiger partial charge on any atom is -0.295 e. The van der Waals surface area contributed by atoms with Gasteiger partial charge in [-0.2, -0.15) is 8.42 Å². The summed E-state index contributed by atoms with van der Waals surface area (Å²) in [6.07, 6.45) is 7.20. The maximum Gasteiger partial charge on any atom is 0.357 e. The third-order valence-electron chi connectivity index (χ3n) is 6.93. The van der Waals surface area contributed by atoms with Crippen LogP contribution in [-0.4, -0.2) is 18.8 Å². The molecule has 0 bridgehead atoms. The largest absolute Gasteiger partial charge is 0.357 e. The number of Topliss-reactive ketones (excluding diaryl/α,β-unsaturated/α-hetero) is 1. The van der Waals surface area contributed by atoms with Gasteiger partial charge in [0.15, 0.2) is 5.78 Å². The number of hydrogen-bond acceptors (Lipinski definition) is 3. The number of hydrogen-bond donors (Lipinski definition) is 2. The van der Waals surface area contributed by atoms with Crippen molar-refractivity contribution in [3.8, 4) is 0 Å². The summed E-state index contributed by atoms with van der Waals surface area (Å²) in [4.78, 5) is 12.1. The van der Waals surface area contributed by atoms with Gasteiger partial charge in [-0.3, -0.25) is 14.1 Å². The molecule has 4 rings (SSSR count). The van der Waals surface area contributed by atoms with E-state index in [4.69, 9.17) is 4.55 Å². The number of fused-ring (bicyclic) bond motifs is 5. The van der Waals surface area contributed by atoms with E-state index in [2.05, 4.69) is 17.7 Å². The minimum atomic E-state index is -4.25. The van der Waals surface area contributed by atoms with E-state index >= 15 is 0 Å². The van der Waals surface area contributed by atoms with Crippen molar-refractivity contribution in [2.24, 2.45) is 17.3 Å². The first-order valence-corrected chi connectivity index (χ1v) is 10.7. The predicted octanol–water partition coefficient (Wildman–Crippen LogP) is 3.88. The van der Waals surface area contributed by atoms with Gasteiger partial charge < -0.3 is 0 Å². The number of nitrogens with one attached hydrogen (secondary N) is 1. The first-order valence-electron chi connectivity index (χ1n) is 9.28. The highest BCUT2D eigenvalue weighted by Gasteiger charge is 2.52. The number of carbonyl (C=O) groups is 1. The van der Waals surface area contributed by atoms with Crippen LogP contribution in [0.1, 0.15) is 56.6 Å². The molecule has 1 saturated carbocycles. The second-order valence-electron chi connectivity index (χ2n) is 8.27. The second-order valence-corrected chi connectivity index (χ2v) is 9.43. The van der Waals surface area contributed by atoms with Crippen molar-refractivity contribution in [3.05, 3.63) is 41.0 Å². The van der Waals surface area contributed by atoms with Crippen molar-refractivity contribution < 1.29 is 17.8 Å². The Kier molecular flexibility index (Phi) is 4.04. The highest BCUT2D eigenvalue weighted by Crippen LogP contribution is 2.61. The van der Waals surface area contributed by atoms with Gasteiger partial charge in [-0.25, -0.2) is 0 Å². The van der Waals surface area contributed by atoms with Crippen LogP contribution in [-0.2, 0) is 21.5 Å². The fourth-order valence-corrected chi connectivity index (χ4v) is 6.33. The van der Waals surface area contributed by atoms with Crippen LogP contribution in [0.3, 0.4) is 0 Å². The molecule has 2 N–H and O–H groups in total. The van der Waals surface area contributed by atoms with E-state index < -0.39 is 10.3 Å².